The van der Waals surface area contributed by atoms with E-state index in [2.05, 4.69) is 6.92 Å². The number of esters is 3. The minimum Gasteiger partial charge on any atom is -0.469 e. The largest absolute Gasteiger partial charge is 0.469 e. The maximum absolute atomic E-state index is 13.5. The van der Waals surface area contributed by atoms with Crippen LogP contribution >= 0.6 is 0 Å². The third-order valence-electron chi connectivity index (χ3n) is 9.44. The van der Waals surface area contributed by atoms with Crippen molar-refractivity contribution in [2.75, 3.05) is 21.3 Å². The molecule has 0 radical (unpaired) electrons. The quantitative estimate of drug-likeness (QED) is 0.528. The van der Waals surface area contributed by atoms with Crippen LogP contribution in [0.2, 0.25) is 0 Å². The van der Waals surface area contributed by atoms with E-state index in [0.29, 0.717) is 24.7 Å². The van der Waals surface area contributed by atoms with E-state index in [4.69, 9.17) is 14.2 Å². The number of carbonyl (C=O) groups is 3. The van der Waals surface area contributed by atoms with Crippen molar-refractivity contribution in [1.29, 1.82) is 0 Å². The Balaban J connectivity index is 1.99. The van der Waals surface area contributed by atoms with Gasteiger partial charge in [-0.3, -0.25) is 14.4 Å². The maximum atomic E-state index is 13.5. The molecule has 0 N–H and O–H groups in total. The average Bonchev–Trinajstić information content (AvgIpc) is 3.14. The minimum atomic E-state index is -0.909. The SMILES string of the molecule is COC(=O)[C@H]1[C@H]2[C@@](C(=O)OC)(CCC[C@@]2(C)C(=O)OC)[C@@H]2CCC3C[C@@]21C[C@H]3C. The van der Waals surface area contributed by atoms with Crippen molar-refractivity contribution in [1.82, 2.24) is 0 Å². The summed E-state index contributed by atoms with van der Waals surface area (Å²) in [5.74, 6) is -0.685. The van der Waals surface area contributed by atoms with Gasteiger partial charge in [0.25, 0.3) is 0 Å². The van der Waals surface area contributed by atoms with Gasteiger partial charge in [-0.1, -0.05) is 13.3 Å². The first-order valence-corrected chi connectivity index (χ1v) is 11.0. The van der Waals surface area contributed by atoms with Gasteiger partial charge in [0.2, 0.25) is 0 Å². The standard InChI is InChI=1S/C23H34O6/c1-13-11-22-12-14(13)7-8-15(22)23(20(26)29-5)10-6-9-21(2,19(25)28-4)17(23)16(22)18(24)27-3/h13-17H,6-12H2,1-5H3/t13-,14?,15-,16-,17-,21-,22+,23-/m1/s1. The monoisotopic (exact) mass is 406 g/mol. The highest BCUT2D eigenvalue weighted by Gasteiger charge is 2.79. The fourth-order valence-corrected chi connectivity index (χ4v) is 8.66. The summed E-state index contributed by atoms with van der Waals surface area (Å²) in [6, 6.07) is 0. The predicted molar refractivity (Wildman–Crippen MR) is 104 cm³/mol. The fourth-order valence-electron chi connectivity index (χ4n) is 8.66. The van der Waals surface area contributed by atoms with Crippen LogP contribution in [0.15, 0.2) is 0 Å². The molecular formula is C23H34O6. The van der Waals surface area contributed by atoms with Gasteiger partial charge in [0.05, 0.1) is 38.1 Å². The van der Waals surface area contributed by atoms with Gasteiger partial charge in [0, 0.05) is 5.92 Å². The molecule has 6 nitrogen and oxygen atoms in total. The molecule has 8 atom stereocenters. The van der Waals surface area contributed by atoms with Gasteiger partial charge in [-0.2, -0.15) is 0 Å². The Labute approximate surface area is 173 Å². The zero-order chi connectivity index (χ0) is 21.2. The van der Waals surface area contributed by atoms with Crippen molar-refractivity contribution in [3.63, 3.8) is 0 Å². The highest BCUT2D eigenvalue weighted by atomic mass is 16.5. The van der Waals surface area contributed by atoms with E-state index >= 15 is 0 Å². The molecule has 1 unspecified atom stereocenters. The van der Waals surface area contributed by atoms with Crippen LogP contribution in [-0.4, -0.2) is 39.2 Å². The number of methoxy groups -OCH3 is 3. The normalized spacial score (nSPS) is 47.7. The number of hydrogen-bond acceptors (Lipinski definition) is 6. The first-order valence-electron chi connectivity index (χ1n) is 11.0. The van der Waals surface area contributed by atoms with Crippen LogP contribution in [0.4, 0.5) is 0 Å². The second-order valence-corrected chi connectivity index (χ2v) is 10.3. The molecule has 0 aliphatic heterocycles. The molecule has 4 rings (SSSR count). The lowest BCUT2D eigenvalue weighted by Gasteiger charge is -2.50. The van der Waals surface area contributed by atoms with Crippen LogP contribution in [-0.2, 0) is 28.6 Å². The molecule has 0 aromatic heterocycles. The van der Waals surface area contributed by atoms with Gasteiger partial charge in [-0.05, 0) is 68.6 Å². The Hall–Kier alpha value is -1.59. The first-order chi connectivity index (χ1) is 13.7. The van der Waals surface area contributed by atoms with E-state index in [1.807, 2.05) is 6.92 Å². The number of carbonyl (C=O) groups excluding carboxylic acids is 3. The van der Waals surface area contributed by atoms with E-state index in [1.165, 1.54) is 21.3 Å². The lowest BCUT2D eigenvalue weighted by Crippen LogP contribution is -2.55. The molecular weight excluding hydrogens is 372 g/mol. The van der Waals surface area contributed by atoms with Gasteiger partial charge in [-0.25, -0.2) is 0 Å². The molecule has 162 valence electrons. The molecule has 4 aliphatic carbocycles. The molecule has 0 saturated heterocycles. The van der Waals surface area contributed by atoms with Crippen molar-refractivity contribution in [2.45, 2.75) is 58.8 Å². The van der Waals surface area contributed by atoms with E-state index < -0.39 is 22.7 Å². The second-order valence-electron chi connectivity index (χ2n) is 10.3. The summed E-state index contributed by atoms with van der Waals surface area (Å²) in [5.41, 5.74) is -2.04. The number of hydrogen-bond donors (Lipinski definition) is 0. The van der Waals surface area contributed by atoms with Crippen molar-refractivity contribution in [3.05, 3.63) is 0 Å². The van der Waals surface area contributed by atoms with E-state index in [9.17, 15) is 14.4 Å². The summed E-state index contributed by atoms with van der Waals surface area (Å²) >= 11 is 0. The lowest BCUT2D eigenvalue weighted by atomic mass is 9.52. The number of ether oxygens (including phenoxy) is 3. The minimum absolute atomic E-state index is 0.0435. The van der Waals surface area contributed by atoms with Crippen LogP contribution < -0.4 is 0 Å². The van der Waals surface area contributed by atoms with Crippen LogP contribution in [0.3, 0.4) is 0 Å². The predicted octanol–water partition coefficient (Wildman–Crippen LogP) is 3.37. The van der Waals surface area contributed by atoms with E-state index in [0.717, 1.165) is 32.1 Å². The molecule has 0 aromatic rings. The summed E-state index contributed by atoms with van der Waals surface area (Å²) in [5, 5.41) is 0. The third kappa shape index (κ3) is 2.37. The Morgan fingerprint density at radius 3 is 2.21 bits per heavy atom. The zero-order valence-corrected chi connectivity index (χ0v) is 18.3. The van der Waals surface area contributed by atoms with Crippen LogP contribution in [0.25, 0.3) is 0 Å². The second kappa shape index (κ2) is 6.71. The van der Waals surface area contributed by atoms with E-state index in [1.54, 1.807) is 0 Å². The smallest absolute Gasteiger partial charge is 0.312 e. The van der Waals surface area contributed by atoms with Crippen molar-refractivity contribution in [2.24, 2.45) is 45.8 Å². The maximum Gasteiger partial charge on any atom is 0.312 e. The zero-order valence-electron chi connectivity index (χ0n) is 18.3. The Morgan fingerprint density at radius 2 is 1.59 bits per heavy atom. The van der Waals surface area contributed by atoms with Crippen molar-refractivity contribution >= 4 is 17.9 Å². The van der Waals surface area contributed by atoms with Gasteiger partial charge in [-0.15, -0.1) is 0 Å². The molecule has 1 spiro atoms. The summed E-state index contributed by atoms with van der Waals surface area (Å²) < 4.78 is 16.0. The topological polar surface area (TPSA) is 78.9 Å². The van der Waals surface area contributed by atoms with Crippen molar-refractivity contribution in [3.8, 4) is 0 Å². The highest BCUT2D eigenvalue weighted by molar-refractivity contribution is 5.87. The van der Waals surface area contributed by atoms with Gasteiger partial charge in [0.15, 0.2) is 0 Å². The molecule has 2 bridgehead atoms. The molecule has 0 aromatic carbocycles. The van der Waals surface area contributed by atoms with Gasteiger partial charge < -0.3 is 14.2 Å². The number of fused-ring (bicyclic) bond motifs is 3. The van der Waals surface area contributed by atoms with Gasteiger partial charge in [0.1, 0.15) is 0 Å². The Morgan fingerprint density at radius 1 is 0.897 bits per heavy atom. The Bertz CT molecular complexity index is 729. The summed E-state index contributed by atoms with van der Waals surface area (Å²) in [6.07, 6.45) is 5.85. The highest BCUT2D eigenvalue weighted by Crippen LogP contribution is 2.78. The summed E-state index contributed by atoms with van der Waals surface area (Å²) in [6.45, 7) is 4.16. The van der Waals surface area contributed by atoms with Crippen molar-refractivity contribution < 1.29 is 28.6 Å². The van der Waals surface area contributed by atoms with Crippen LogP contribution in [0.1, 0.15) is 58.8 Å². The number of rotatable bonds is 3. The molecule has 4 fully saturated rings. The molecule has 4 saturated carbocycles. The Kier molecular flexibility index (Phi) is 4.78. The lowest BCUT2D eigenvalue weighted by molar-refractivity contribution is -0.181. The van der Waals surface area contributed by atoms with Gasteiger partial charge >= 0.3 is 17.9 Å². The molecule has 6 heteroatoms. The van der Waals surface area contributed by atoms with E-state index in [-0.39, 0.29) is 29.2 Å². The van der Waals surface area contributed by atoms with Crippen LogP contribution in [0.5, 0.6) is 0 Å². The third-order valence-corrected chi connectivity index (χ3v) is 9.44. The fraction of sp³-hybridized carbons (Fsp3) is 0.870. The summed E-state index contributed by atoms with van der Waals surface area (Å²) in [4.78, 5) is 39.9. The first kappa shape index (κ1) is 20.7. The molecule has 4 aliphatic rings. The summed E-state index contributed by atoms with van der Waals surface area (Å²) in [7, 11) is 4.24. The van der Waals surface area contributed by atoms with Crippen LogP contribution in [0, 0.1) is 45.8 Å². The molecule has 29 heavy (non-hydrogen) atoms. The molecule has 0 amide bonds. The molecule has 0 heterocycles. The average molecular weight is 407 g/mol.